The standard InChI is InChI=1S/C21H23F3N4/c1-3-14-7-9-18-17(11-14)27-20(21(22,23)24)28(18)16-8-10-19(25-12-16)26-13(2)15-5-4-6-15/h7-12,15,19,25-26H,2-6H2,1H3. The van der Waals surface area contributed by atoms with Crippen molar-refractivity contribution in [3.63, 3.8) is 0 Å². The fraction of sp³-hybridized carbons (Fsp3) is 0.381. The van der Waals surface area contributed by atoms with E-state index in [-0.39, 0.29) is 6.17 Å². The zero-order valence-corrected chi connectivity index (χ0v) is 15.7. The highest BCUT2D eigenvalue weighted by atomic mass is 19.4. The molecule has 0 spiro atoms. The molecule has 4 nitrogen and oxygen atoms in total. The van der Waals surface area contributed by atoms with Crippen molar-refractivity contribution in [3.05, 3.63) is 60.2 Å². The van der Waals surface area contributed by atoms with Crippen LogP contribution in [0.1, 0.15) is 37.6 Å². The first-order valence-corrected chi connectivity index (χ1v) is 9.55. The first-order chi connectivity index (χ1) is 13.4. The number of imidazole rings is 1. The van der Waals surface area contributed by atoms with Crippen LogP contribution in [0.25, 0.3) is 16.7 Å². The first kappa shape index (κ1) is 18.7. The summed E-state index contributed by atoms with van der Waals surface area (Å²) < 4.78 is 42.0. The van der Waals surface area contributed by atoms with Gasteiger partial charge in [0.15, 0.2) is 0 Å². The van der Waals surface area contributed by atoms with E-state index in [1.807, 2.05) is 19.1 Å². The summed E-state index contributed by atoms with van der Waals surface area (Å²) in [6.07, 6.45) is 4.59. The average Bonchev–Trinajstić information content (AvgIpc) is 2.99. The van der Waals surface area contributed by atoms with E-state index in [9.17, 15) is 13.2 Å². The minimum atomic E-state index is -4.55. The van der Waals surface area contributed by atoms with E-state index in [2.05, 4.69) is 22.2 Å². The monoisotopic (exact) mass is 388 g/mol. The minimum absolute atomic E-state index is 0.187. The molecule has 2 heterocycles. The van der Waals surface area contributed by atoms with E-state index in [0.717, 1.165) is 35.1 Å². The van der Waals surface area contributed by atoms with Gasteiger partial charge in [0.1, 0.15) is 6.17 Å². The topological polar surface area (TPSA) is 41.9 Å². The first-order valence-electron chi connectivity index (χ1n) is 9.55. The van der Waals surface area contributed by atoms with Gasteiger partial charge in [-0.25, -0.2) is 4.98 Å². The Kier molecular flexibility index (Phi) is 4.69. The molecule has 1 atom stereocenters. The van der Waals surface area contributed by atoms with Crippen LogP contribution in [0.4, 0.5) is 13.2 Å². The van der Waals surface area contributed by atoms with Gasteiger partial charge in [0.25, 0.3) is 0 Å². The zero-order chi connectivity index (χ0) is 19.9. The third-order valence-corrected chi connectivity index (χ3v) is 5.45. The number of alkyl halides is 3. The summed E-state index contributed by atoms with van der Waals surface area (Å²) in [5.41, 5.74) is 3.11. The number of nitrogens with zero attached hydrogens (tertiary/aromatic N) is 2. The second-order valence-electron chi connectivity index (χ2n) is 7.32. The van der Waals surface area contributed by atoms with Gasteiger partial charge in [-0.15, -0.1) is 0 Å². The van der Waals surface area contributed by atoms with Crippen LogP contribution in [0.5, 0.6) is 0 Å². The average molecular weight is 388 g/mol. The largest absolute Gasteiger partial charge is 0.450 e. The van der Waals surface area contributed by atoms with Crippen LogP contribution in [-0.2, 0) is 12.6 Å². The predicted molar refractivity (Wildman–Crippen MR) is 104 cm³/mol. The van der Waals surface area contributed by atoms with Crippen molar-refractivity contribution in [2.75, 3.05) is 0 Å². The van der Waals surface area contributed by atoms with Gasteiger partial charge in [-0.3, -0.25) is 4.57 Å². The fourth-order valence-corrected chi connectivity index (χ4v) is 3.57. The summed E-state index contributed by atoms with van der Waals surface area (Å²) in [7, 11) is 0. The maximum Gasteiger partial charge on any atom is 0.450 e. The number of fused-ring (bicyclic) bond motifs is 1. The van der Waals surface area contributed by atoms with Crippen molar-refractivity contribution in [1.29, 1.82) is 0 Å². The van der Waals surface area contributed by atoms with Crippen molar-refractivity contribution in [3.8, 4) is 0 Å². The summed E-state index contributed by atoms with van der Waals surface area (Å²) in [6.45, 7) is 6.04. The van der Waals surface area contributed by atoms with Crippen molar-refractivity contribution in [1.82, 2.24) is 20.2 Å². The highest BCUT2D eigenvalue weighted by molar-refractivity contribution is 5.82. The number of aromatic nitrogens is 2. The Hall–Kier alpha value is -2.70. The Labute approximate surface area is 161 Å². The minimum Gasteiger partial charge on any atom is -0.366 e. The Morgan fingerprint density at radius 3 is 2.71 bits per heavy atom. The quantitative estimate of drug-likeness (QED) is 0.773. The van der Waals surface area contributed by atoms with Crippen molar-refractivity contribution in [2.45, 2.75) is 44.9 Å². The van der Waals surface area contributed by atoms with Crippen molar-refractivity contribution in [2.24, 2.45) is 5.92 Å². The van der Waals surface area contributed by atoms with Gasteiger partial charge in [-0.05, 0) is 55.0 Å². The molecule has 1 fully saturated rings. The number of allylic oxidation sites excluding steroid dienone is 3. The molecule has 0 radical (unpaired) electrons. The van der Waals surface area contributed by atoms with Crippen LogP contribution in [0, 0.1) is 5.92 Å². The molecule has 1 aromatic heterocycles. The molecule has 0 saturated heterocycles. The van der Waals surface area contributed by atoms with Gasteiger partial charge < -0.3 is 10.6 Å². The molecule has 1 saturated carbocycles. The molecule has 2 aliphatic rings. The summed E-state index contributed by atoms with van der Waals surface area (Å²) in [4.78, 5) is 3.88. The normalized spacial score (nSPS) is 19.9. The second-order valence-corrected chi connectivity index (χ2v) is 7.32. The summed E-state index contributed by atoms with van der Waals surface area (Å²) >= 11 is 0. The Morgan fingerprint density at radius 1 is 1.36 bits per heavy atom. The maximum atomic E-state index is 13.6. The molecule has 1 unspecified atom stereocenters. The number of aryl methyl sites for hydroxylation is 1. The molecule has 7 heteroatoms. The van der Waals surface area contributed by atoms with E-state index in [0.29, 0.717) is 22.6 Å². The van der Waals surface area contributed by atoms with Crippen molar-refractivity contribution < 1.29 is 13.2 Å². The van der Waals surface area contributed by atoms with Gasteiger partial charge in [0.05, 0.1) is 16.7 Å². The van der Waals surface area contributed by atoms with E-state index in [1.165, 1.54) is 6.42 Å². The Morgan fingerprint density at radius 2 is 2.14 bits per heavy atom. The summed E-state index contributed by atoms with van der Waals surface area (Å²) in [6, 6.07) is 5.26. The summed E-state index contributed by atoms with van der Waals surface area (Å²) in [5.74, 6) is -0.429. The molecule has 2 N–H and O–H groups in total. The van der Waals surface area contributed by atoms with Gasteiger partial charge in [0.2, 0.25) is 5.82 Å². The number of nitrogens with one attached hydrogen (secondary N) is 2. The Bertz CT molecular complexity index is 964. The molecular weight excluding hydrogens is 365 g/mol. The number of halogens is 3. The highest BCUT2D eigenvalue weighted by Gasteiger charge is 2.38. The number of benzene rings is 1. The van der Waals surface area contributed by atoms with Gasteiger partial charge in [-0.1, -0.05) is 26.0 Å². The van der Waals surface area contributed by atoms with Crippen LogP contribution in [0.3, 0.4) is 0 Å². The number of hydrogen-bond donors (Lipinski definition) is 2. The molecule has 2 aromatic rings. The lowest BCUT2D eigenvalue weighted by Crippen LogP contribution is -2.41. The predicted octanol–water partition coefficient (Wildman–Crippen LogP) is 4.80. The van der Waals surface area contributed by atoms with E-state index in [4.69, 9.17) is 0 Å². The van der Waals surface area contributed by atoms with Crippen LogP contribution in [0.15, 0.2) is 48.8 Å². The Balaban J connectivity index is 1.63. The lowest BCUT2D eigenvalue weighted by atomic mass is 9.83. The summed E-state index contributed by atoms with van der Waals surface area (Å²) in [5, 5.41) is 6.42. The molecular formula is C21H23F3N4. The molecule has 28 heavy (non-hydrogen) atoms. The van der Waals surface area contributed by atoms with E-state index in [1.54, 1.807) is 24.4 Å². The zero-order valence-electron chi connectivity index (χ0n) is 15.7. The van der Waals surface area contributed by atoms with Gasteiger partial charge in [-0.2, -0.15) is 13.2 Å². The molecule has 1 aromatic carbocycles. The molecule has 0 amide bonds. The lowest BCUT2D eigenvalue weighted by Gasteiger charge is -2.31. The smallest absolute Gasteiger partial charge is 0.366 e. The van der Waals surface area contributed by atoms with E-state index >= 15 is 0 Å². The molecule has 0 bridgehead atoms. The molecule has 1 aliphatic heterocycles. The van der Waals surface area contributed by atoms with Crippen LogP contribution < -0.4 is 10.6 Å². The van der Waals surface area contributed by atoms with Gasteiger partial charge in [0, 0.05) is 11.9 Å². The number of dihydropyridines is 1. The van der Waals surface area contributed by atoms with Crippen LogP contribution >= 0.6 is 0 Å². The third kappa shape index (κ3) is 3.41. The number of hydrogen-bond acceptors (Lipinski definition) is 3. The van der Waals surface area contributed by atoms with Gasteiger partial charge >= 0.3 is 6.18 Å². The highest BCUT2D eigenvalue weighted by Crippen LogP contribution is 2.35. The maximum absolute atomic E-state index is 13.6. The fourth-order valence-electron chi connectivity index (χ4n) is 3.57. The van der Waals surface area contributed by atoms with E-state index < -0.39 is 12.0 Å². The SMILES string of the molecule is C=C(NC1C=CC(n2c(C(F)(F)F)nc3cc(CC)ccc32)=CN1)C1CCC1. The molecule has 4 rings (SSSR count). The molecule has 1 aliphatic carbocycles. The van der Waals surface area contributed by atoms with Crippen LogP contribution in [0.2, 0.25) is 0 Å². The van der Waals surface area contributed by atoms with Crippen molar-refractivity contribution >= 4 is 16.7 Å². The number of rotatable bonds is 5. The molecule has 148 valence electrons. The second kappa shape index (κ2) is 7.04. The van der Waals surface area contributed by atoms with Crippen LogP contribution in [-0.4, -0.2) is 15.7 Å². The lowest BCUT2D eigenvalue weighted by molar-refractivity contribution is -0.145. The third-order valence-electron chi connectivity index (χ3n) is 5.45.